The van der Waals surface area contributed by atoms with Gasteiger partial charge in [0, 0.05) is 19.1 Å². The van der Waals surface area contributed by atoms with Gasteiger partial charge >= 0.3 is 0 Å². The standard InChI is InChI=1S/C15H22N2O2S/c1-3-9-17(14-6-7-14)20(18,19)15-8-5-12(4-2)13(10-15)11-16/h3,5,8,10,14H,1,4,6-7,9,11,16H2,2H3. The Labute approximate surface area is 121 Å². The van der Waals surface area contributed by atoms with Crippen LogP contribution >= 0.6 is 0 Å². The van der Waals surface area contributed by atoms with Crippen LogP contribution in [0.1, 0.15) is 30.9 Å². The van der Waals surface area contributed by atoms with E-state index in [9.17, 15) is 8.42 Å². The molecule has 2 rings (SSSR count). The number of benzene rings is 1. The van der Waals surface area contributed by atoms with E-state index in [1.807, 2.05) is 13.0 Å². The quantitative estimate of drug-likeness (QED) is 0.783. The van der Waals surface area contributed by atoms with Crippen LogP contribution in [0, 0.1) is 0 Å². The van der Waals surface area contributed by atoms with E-state index in [0.717, 1.165) is 30.4 Å². The highest BCUT2D eigenvalue weighted by Crippen LogP contribution is 2.32. The highest BCUT2D eigenvalue weighted by Gasteiger charge is 2.37. The molecule has 110 valence electrons. The molecule has 20 heavy (non-hydrogen) atoms. The number of hydrogen-bond acceptors (Lipinski definition) is 3. The molecule has 1 aromatic rings. The summed E-state index contributed by atoms with van der Waals surface area (Å²) in [6.45, 7) is 6.41. The van der Waals surface area contributed by atoms with Gasteiger partial charge in [-0.3, -0.25) is 0 Å². The van der Waals surface area contributed by atoms with Crippen molar-refractivity contribution in [3.05, 3.63) is 42.0 Å². The predicted octanol–water partition coefficient (Wildman–Crippen LogP) is 2.05. The van der Waals surface area contributed by atoms with Gasteiger partial charge in [-0.05, 0) is 42.5 Å². The third-order valence-corrected chi connectivity index (χ3v) is 5.56. The average molecular weight is 294 g/mol. The minimum absolute atomic E-state index is 0.130. The number of rotatable bonds is 7. The molecule has 0 radical (unpaired) electrons. The lowest BCUT2D eigenvalue weighted by Crippen LogP contribution is -2.33. The predicted molar refractivity (Wildman–Crippen MR) is 80.8 cm³/mol. The lowest BCUT2D eigenvalue weighted by Gasteiger charge is -2.21. The summed E-state index contributed by atoms with van der Waals surface area (Å²) < 4.78 is 27.0. The third kappa shape index (κ3) is 2.95. The summed E-state index contributed by atoms with van der Waals surface area (Å²) in [6.07, 6.45) is 4.36. The summed E-state index contributed by atoms with van der Waals surface area (Å²) >= 11 is 0. The Morgan fingerprint density at radius 3 is 2.60 bits per heavy atom. The van der Waals surface area contributed by atoms with Gasteiger partial charge in [0.25, 0.3) is 0 Å². The van der Waals surface area contributed by atoms with Crippen molar-refractivity contribution in [3.8, 4) is 0 Å². The molecule has 1 aliphatic carbocycles. The van der Waals surface area contributed by atoms with Crippen LogP contribution in [-0.4, -0.2) is 25.3 Å². The molecule has 5 heteroatoms. The molecule has 0 atom stereocenters. The number of sulfonamides is 1. The van der Waals surface area contributed by atoms with E-state index in [1.54, 1.807) is 22.5 Å². The van der Waals surface area contributed by atoms with Crippen LogP contribution in [0.15, 0.2) is 35.7 Å². The Bertz CT molecular complexity index is 592. The Kier molecular flexibility index (Phi) is 4.62. The molecule has 4 nitrogen and oxygen atoms in total. The van der Waals surface area contributed by atoms with Crippen molar-refractivity contribution in [2.75, 3.05) is 6.54 Å². The van der Waals surface area contributed by atoms with E-state index in [1.165, 1.54) is 0 Å². The summed E-state index contributed by atoms with van der Waals surface area (Å²) in [4.78, 5) is 0.337. The molecule has 1 aliphatic rings. The second-order valence-electron chi connectivity index (χ2n) is 5.08. The fraction of sp³-hybridized carbons (Fsp3) is 0.467. The molecule has 1 fully saturated rings. The van der Waals surface area contributed by atoms with Gasteiger partial charge < -0.3 is 5.73 Å². The largest absolute Gasteiger partial charge is 0.326 e. The second kappa shape index (κ2) is 6.08. The average Bonchev–Trinajstić information content (AvgIpc) is 3.28. The van der Waals surface area contributed by atoms with Gasteiger partial charge in [0.15, 0.2) is 0 Å². The fourth-order valence-electron chi connectivity index (χ4n) is 2.37. The summed E-state index contributed by atoms with van der Waals surface area (Å²) in [6, 6.07) is 5.40. The molecule has 1 saturated carbocycles. The van der Waals surface area contributed by atoms with Crippen molar-refractivity contribution in [2.45, 2.75) is 43.7 Å². The monoisotopic (exact) mass is 294 g/mol. The molecule has 0 amide bonds. The maximum Gasteiger partial charge on any atom is 0.243 e. The van der Waals surface area contributed by atoms with Gasteiger partial charge in [-0.15, -0.1) is 6.58 Å². The van der Waals surface area contributed by atoms with Gasteiger partial charge in [0.1, 0.15) is 0 Å². The molecule has 2 N–H and O–H groups in total. The Balaban J connectivity index is 2.39. The number of nitrogens with zero attached hydrogens (tertiary/aromatic N) is 1. The van der Waals surface area contributed by atoms with Gasteiger partial charge in [0.2, 0.25) is 10.0 Å². The topological polar surface area (TPSA) is 63.4 Å². The van der Waals surface area contributed by atoms with Crippen LogP contribution in [0.4, 0.5) is 0 Å². The molecule has 0 saturated heterocycles. The van der Waals surface area contributed by atoms with Crippen LogP contribution in [0.2, 0.25) is 0 Å². The minimum atomic E-state index is -3.45. The van der Waals surface area contributed by atoms with Crippen molar-refractivity contribution in [1.82, 2.24) is 4.31 Å². The SMILES string of the molecule is C=CCN(C1CC1)S(=O)(=O)c1ccc(CC)c(CN)c1. The van der Waals surface area contributed by atoms with Gasteiger partial charge in [-0.2, -0.15) is 4.31 Å². The summed E-state index contributed by atoms with van der Waals surface area (Å²) in [5.74, 6) is 0. The van der Waals surface area contributed by atoms with Crippen molar-refractivity contribution >= 4 is 10.0 Å². The van der Waals surface area contributed by atoms with Gasteiger partial charge in [-0.1, -0.05) is 19.1 Å². The molecule has 1 aromatic carbocycles. The molecule has 0 aromatic heterocycles. The van der Waals surface area contributed by atoms with Crippen LogP contribution < -0.4 is 5.73 Å². The first-order valence-electron chi connectivity index (χ1n) is 6.99. The van der Waals surface area contributed by atoms with E-state index >= 15 is 0 Å². The number of aryl methyl sites for hydroxylation is 1. The summed E-state index contributed by atoms with van der Waals surface area (Å²) in [5, 5.41) is 0. The number of hydrogen-bond donors (Lipinski definition) is 1. The van der Waals surface area contributed by atoms with Crippen LogP contribution in [-0.2, 0) is 23.0 Å². The zero-order valence-electron chi connectivity index (χ0n) is 11.9. The van der Waals surface area contributed by atoms with Crippen LogP contribution in [0.5, 0.6) is 0 Å². The lowest BCUT2D eigenvalue weighted by atomic mass is 10.1. The molecular formula is C15H22N2O2S. The summed E-state index contributed by atoms with van der Waals surface area (Å²) in [7, 11) is -3.45. The van der Waals surface area contributed by atoms with Crippen LogP contribution in [0.25, 0.3) is 0 Å². The molecule has 0 spiro atoms. The Morgan fingerprint density at radius 1 is 1.40 bits per heavy atom. The first-order valence-corrected chi connectivity index (χ1v) is 8.43. The van der Waals surface area contributed by atoms with Crippen molar-refractivity contribution < 1.29 is 8.42 Å². The van der Waals surface area contributed by atoms with E-state index < -0.39 is 10.0 Å². The fourth-order valence-corrected chi connectivity index (χ4v) is 4.07. The maximum atomic E-state index is 12.7. The molecule has 0 heterocycles. The van der Waals surface area contributed by atoms with Crippen LogP contribution in [0.3, 0.4) is 0 Å². The molecular weight excluding hydrogens is 272 g/mol. The third-order valence-electron chi connectivity index (χ3n) is 3.65. The zero-order chi connectivity index (χ0) is 14.8. The lowest BCUT2D eigenvalue weighted by molar-refractivity contribution is 0.436. The summed E-state index contributed by atoms with van der Waals surface area (Å²) in [5.41, 5.74) is 7.73. The minimum Gasteiger partial charge on any atom is -0.326 e. The number of nitrogens with two attached hydrogens (primary N) is 1. The molecule has 0 aliphatic heterocycles. The first kappa shape index (κ1) is 15.2. The van der Waals surface area contributed by atoms with Gasteiger partial charge in [-0.25, -0.2) is 8.42 Å². The Morgan fingerprint density at radius 2 is 2.10 bits per heavy atom. The second-order valence-corrected chi connectivity index (χ2v) is 6.97. The van der Waals surface area contributed by atoms with Gasteiger partial charge in [0.05, 0.1) is 4.90 Å². The first-order chi connectivity index (χ1) is 9.54. The van der Waals surface area contributed by atoms with Crippen molar-refractivity contribution in [3.63, 3.8) is 0 Å². The van der Waals surface area contributed by atoms with Crippen molar-refractivity contribution in [1.29, 1.82) is 0 Å². The van der Waals surface area contributed by atoms with Crippen molar-refractivity contribution in [2.24, 2.45) is 5.73 Å². The van der Waals surface area contributed by atoms with E-state index in [4.69, 9.17) is 5.73 Å². The normalized spacial score (nSPS) is 15.6. The maximum absolute atomic E-state index is 12.7. The molecule has 0 bridgehead atoms. The van der Waals surface area contributed by atoms with E-state index in [-0.39, 0.29) is 6.04 Å². The highest BCUT2D eigenvalue weighted by molar-refractivity contribution is 7.89. The zero-order valence-corrected chi connectivity index (χ0v) is 12.7. The van der Waals surface area contributed by atoms with E-state index in [2.05, 4.69) is 6.58 Å². The Hall–Kier alpha value is -1.17. The van der Waals surface area contributed by atoms with E-state index in [0.29, 0.717) is 18.0 Å². The smallest absolute Gasteiger partial charge is 0.243 e. The highest BCUT2D eigenvalue weighted by atomic mass is 32.2. The molecule has 0 unspecified atom stereocenters.